The number of amides is 2. The summed E-state index contributed by atoms with van der Waals surface area (Å²) >= 11 is 0. The Morgan fingerprint density at radius 3 is 2.61 bits per heavy atom. The Balaban J connectivity index is 1.39. The number of aromatic nitrogens is 3. The summed E-state index contributed by atoms with van der Waals surface area (Å²) in [6.45, 7) is 1.22. The van der Waals surface area contributed by atoms with E-state index in [-0.39, 0.29) is 47.2 Å². The highest BCUT2D eigenvalue weighted by Gasteiger charge is 2.44. The molecule has 0 spiro atoms. The number of pyridine rings is 1. The summed E-state index contributed by atoms with van der Waals surface area (Å²) in [4.78, 5) is 41.9. The van der Waals surface area contributed by atoms with Gasteiger partial charge in [0.1, 0.15) is 24.0 Å². The van der Waals surface area contributed by atoms with Crippen molar-refractivity contribution in [2.75, 3.05) is 0 Å². The van der Waals surface area contributed by atoms with Crippen molar-refractivity contribution in [2.24, 2.45) is 5.73 Å². The summed E-state index contributed by atoms with van der Waals surface area (Å²) in [6, 6.07) is 8.09. The molecule has 2 aromatic heterocycles. The molecule has 12 heteroatoms. The van der Waals surface area contributed by atoms with E-state index in [1.807, 2.05) is 0 Å². The van der Waals surface area contributed by atoms with Gasteiger partial charge < -0.3 is 16.2 Å². The number of nitrogens with zero attached hydrogens (tertiary/aromatic N) is 3. The maximum absolute atomic E-state index is 14.5. The number of benzene rings is 2. The van der Waals surface area contributed by atoms with Crippen molar-refractivity contribution in [3.8, 4) is 11.1 Å². The normalized spacial score (nSPS) is 17.4. The number of fused-ring (bicyclic) bond motifs is 5. The second kappa shape index (κ2) is 11.3. The molecule has 3 unspecified atom stereocenters. The molecule has 0 aliphatic heterocycles. The number of rotatable bonds is 9. The lowest BCUT2D eigenvalue weighted by molar-refractivity contribution is -0.122. The number of carbonyl (C=O) groups is 3. The first-order chi connectivity index (χ1) is 21.0. The number of carboxylic acids is 1. The molecule has 6 rings (SSSR count). The van der Waals surface area contributed by atoms with E-state index < -0.39 is 41.3 Å². The van der Waals surface area contributed by atoms with Gasteiger partial charge in [0, 0.05) is 35.0 Å². The van der Waals surface area contributed by atoms with Crippen molar-refractivity contribution < 1.29 is 32.7 Å². The van der Waals surface area contributed by atoms with Gasteiger partial charge in [0.05, 0.1) is 17.3 Å². The van der Waals surface area contributed by atoms with Crippen molar-refractivity contribution in [1.82, 2.24) is 20.1 Å². The van der Waals surface area contributed by atoms with Crippen LogP contribution in [0.1, 0.15) is 86.1 Å². The van der Waals surface area contributed by atoms with Crippen molar-refractivity contribution in [3.05, 3.63) is 105 Å². The molecule has 2 aliphatic rings. The van der Waals surface area contributed by atoms with Gasteiger partial charge in [-0.25, -0.2) is 18.0 Å². The quantitative estimate of drug-likeness (QED) is 0.248. The Kier molecular flexibility index (Phi) is 7.44. The molecule has 2 bridgehead atoms. The fourth-order valence-electron chi connectivity index (χ4n) is 6.64. The average molecular weight is 604 g/mol. The van der Waals surface area contributed by atoms with Crippen molar-refractivity contribution in [1.29, 1.82) is 0 Å². The van der Waals surface area contributed by atoms with Gasteiger partial charge in [-0.2, -0.15) is 5.10 Å². The number of nitrogens with one attached hydrogen (secondary N) is 1. The number of primary amides is 1. The molecule has 3 atom stereocenters. The molecule has 226 valence electrons. The Hall–Kier alpha value is -5.00. The van der Waals surface area contributed by atoms with Crippen molar-refractivity contribution in [2.45, 2.75) is 57.0 Å². The van der Waals surface area contributed by atoms with E-state index in [9.17, 15) is 32.7 Å². The molecule has 2 aromatic carbocycles. The van der Waals surface area contributed by atoms with Crippen LogP contribution in [0.2, 0.25) is 0 Å². The van der Waals surface area contributed by atoms with Crippen molar-refractivity contribution >= 4 is 17.8 Å². The first-order valence-electron chi connectivity index (χ1n) is 14.1. The number of hydrogen-bond acceptors (Lipinski definition) is 5. The van der Waals surface area contributed by atoms with E-state index in [1.165, 1.54) is 36.0 Å². The zero-order valence-electron chi connectivity index (χ0n) is 23.6. The minimum absolute atomic E-state index is 0.0454. The number of halogens is 3. The summed E-state index contributed by atoms with van der Waals surface area (Å²) in [5, 5.41) is 16.9. The molecule has 44 heavy (non-hydrogen) atoms. The van der Waals surface area contributed by atoms with Gasteiger partial charge in [0.2, 0.25) is 5.91 Å². The topological polar surface area (TPSA) is 140 Å². The first-order valence-corrected chi connectivity index (χ1v) is 14.1. The summed E-state index contributed by atoms with van der Waals surface area (Å²) in [5.74, 6) is -4.76. The lowest BCUT2D eigenvalue weighted by Gasteiger charge is -2.23. The Morgan fingerprint density at radius 2 is 1.86 bits per heavy atom. The lowest BCUT2D eigenvalue weighted by Crippen LogP contribution is -2.34. The largest absolute Gasteiger partial charge is 0.476 e. The fourth-order valence-corrected chi connectivity index (χ4v) is 6.64. The smallest absolute Gasteiger partial charge is 0.356 e. The number of carboxylic acid groups (broad SMARTS) is 1. The van der Waals surface area contributed by atoms with Crippen LogP contribution in [0.3, 0.4) is 0 Å². The molecule has 2 heterocycles. The summed E-state index contributed by atoms with van der Waals surface area (Å²) in [7, 11) is 0. The maximum Gasteiger partial charge on any atom is 0.356 e. The van der Waals surface area contributed by atoms with Crippen LogP contribution in [0.5, 0.6) is 0 Å². The molecule has 9 nitrogen and oxygen atoms in total. The third kappa shape index (κ3) is 5.20. The van der Waals surface area contributed by atoms with Crippen LogP contribution in [-0.4, -0.2) is 37.7 Å². The minimum atomic E-state index is -1.15. The van der Waals surface area contributed by atoms with Crippen LogP contribution in [0, 0.1) is 24.4 Å². The Bertz CT molecular complexity index is 1840. The van der Waals surface area contributed by atoms with Crippen LogP contribution in [0.25, 0.3) is 11.1 Å². The molecule has 4 N–H and O–H groups in total. The molecule has 0 saturated heterocycles. The van der Waals surface area contributed by atoms with Crippen LogP contribution in [0.15, 0.2) is 48.7 Å². The molecular weight excluding hydrogens is 575 g/mol. The molecule has 0 radical (unpaired) electrons. The molecule has 1 saturated carbocycles. The van der Waals surface area contributed by atoms with Gasteiger partial charge >= 0.3 is 5.97 Å². The fraction of sp³-hybridized carbons (Fsp3) is 0.281. The van der Waals surface area contributed by atoms with E-state index in [1.54, 1.807) is 12.1 Å². The van der Waals surface area contributed by atoms with Gasteiger partial charge in [-0.1, -0.05) is 12.1 Å². The Morgan fingerprint density at radius 1 is 1.09 bits per heavy atom. The van der Waals surface area contributed by atoms with Crippen LogP contribution < -0.4 is 11.1 Å². The summed E-state index contributed by atoms with van der Waals surface area (Å²) < 4.78 is 44.6. The van der Waals surface area contributed by atoms with Gasteiger partial charge in [-0.3, -0.25) is 19.3 Å². The number of hydrogen-bond donors (Lipinski definition) is 3. The number of aromatic carboxylic acids is 1. The van der Waals surface area contributed by atoms with E-state index in [2.05, 4.69) is 15.4 Å². The highest BCUT2D eigenvalue weighted by atomic mass is 19.1. The summed E-state index contributed by atoms with van der Waals surface area (Å²) in [5.41, 5.74) is 8.01. The van der Waals surface area contributed by atoms with Crippen LogP contribution in [0.4, 0.5) is 13.2 Å². The minimum Gasteiger partial charge on any atom is -0.476 e. The van der Waals surface area contributed by atoms with Gasteiger partial charge in [0.15, 0.2) is 5.69 Å². The second-order valence-electron chi connectivity index (χ2n) is 11.3. The van der Waals surface area contributed by atoms with Crippen LogP contribution in [-0.2, 0) is 17.8 Å². The number of carbonyl (C=O) groups excluding carboxylic acids is 2. The van der Waals surface area contributed by atoms with E-state index >= 15 is 0 Å². The first kappa shape index (κ1) is 29.1. The highest BCUT2D eigenvalue weighted by Crippen LogP contribution is 2.54. The molecule has 2 amide bonds. The van der Waals surface area contributed by atoms with Crippen LogP contribution >= 0.6 is 0 Å². The zero-order valence-corrected chi connectivity index (χ0v) is 23.6. The lowest BCUT2D eigenvalue weighted by atomic mass is 9.93. The SMILES string of the molecule is Cc1c(F)cc(F)cc1CC(NC(=O)Cn1nc(C(=O)O)c2c1C1CCC2C1)c1ncccc1-c1ccc(F)c(C(N)=O)c1. The number of nitrogens with two attached hydrogens (primary N) is 1. The summed E-state index contributed by atoms with van der Waals surface area (Å²) in [6.07, 6.45) is 4.00. The van der Waals surface area contributed by atoms with Crippen molar-refractivity contribution in [3.63, 3.8) is 0 Å². The van der Waals surface area contributed by atoms with E-state index in [0.29, 0.717) is 22.4 Å². The predicted molar refractivity (Wildman–Crippen MR) is 152 cm³/mol. The monoisotopic (exact) mass is 603 g/mol. The van der Waals surface area contributed by atoms with Gasteiger partial charge in [0.25, 0.3) is 5.91 Å². The van der Waals surface area contributed by atoms with Gasteiger partial charge in [-0.05, 0) is 79.5 Å². The standard InChI is InChI=1S/C32H28F3N5O4/c1-15-19(10-20(33)13-24(15)35)12-25(28-21(3-2-8-37-28)16-6-7-23(34)22(11-16)31(36)42)38-26(41)14-40-30-18-5-4-17(9-18)27(30)29(39-40)32(43)44/h2-3,6-8,10-11,13,17-18,25H,4-5,9,12,14H2,1H3,(H2,36,42)(H,38,41)(H,43,44). The molecule has 1 fully saturated rings. The molecule has 2 aliphatic carbocycles. The molecule has 4 aromatic rings. The Labute approximate surface area is 249 Å². The highest BCUT2D eigenvalue weighted by molar-refractivity contribution is 5.94. The second-order valence-corrected chi connectivity index (χ2v) is 11.3. The predicted octanol–water partition coefficient (Wildman–Crippen LogP) is 4.93. The van der Waals surface area contributed by atoms with Gasteiger partial charge in [-0.15, -0.1) is 0 Å². The molecular formula is C32H28F3N5O4. The average Bonchev–Trinajstić information content (AvgIpc) is 3.70. The van der Waals surface area contributed by atoms with E-state index in [4.69, 9.17) is 5.73 Å². The maximum atomic E-state index is 14.5. The van der Waals surface area contributed by atoms with E-state index in [0.717, 1.165) is 37.1 Å². The third-order valence-corrected chi connectivity index (χ3v) is 8.64. The zero-order chi connectivity index (χ0) is 31.3. The third-order valence-electron chi connectivity index (χ3n) is 8.64.